The molecule has 2 rings (SSSR count). The molecule has 0 saturated carbocycles. The predicted octanol–water partition coefficient (Wildman–Crippen LogP) is 3.43. The van der Waals surface area contributed by atoms with Crippen molar-refractivity contribution in [2.24, 2.45) is 0 Å². The van der Waals surface area contributed by atoms with E-state index in [1.54, 1.807) is 25.1 Å². The minimum atomic E-state index is -3.21. The van der Waals surface area contributed by atoms with Crippen LogP contribution in [0.5, 0.6) is 5.75 Å². The minimum Gasteiger partial charge on any atom is -0.488 e. The van der Waals surface area contributed by atoms with Crippen molar-refractivity contribution in [2.75, 3.05) is 25.9 Å². The SMILES string of the molecule is CCN(CCCNC(=O)c1ccccc1OCc1cccc(Br)c1)S(C)(=O)=O. The van der Waals surface area contributed by atoms with Crippen LogP contribution in [-0.4, -0.2) is 44.5 Å². The number of hydrogen-bond donors (Lipinski definition) is 1. The summed E-state index contributed by atoms with van der Waals surface area (Å²) in [5.74, 6) is 0.263. The van der Waals surface area contributed by atoms with E-state index in [4.69, 9.17) is 4.74 Å². The van der Waals surface area contributed by atoms with Crippen LogP contribution in [0.1, 0.15) is 29.3 Å². The molecular formula is C20H25BrN2O4S. The molecule has 0 spiro atoms. The molecular weight excluding hydrogens is 444 g/mol. The summed E-state index contributed by atoms with van der Waals surface area (Å²) in [4.78, 5) is 12.5. The smallest absolute Gasteiger partial charge is 0.255 e. The number of nitrogens with zero attached hydrogens (tertiary/aromatic N) is 1. The Hall–Kier alpha value is -1.90. The first kappa shape index (κ1) is 22.4. The molecule has 1 N–H and O–H groups in total. The highest BCUT2D eigenvalue weighted by molar-refractivity contribution is 9.10. The highest BCUT2D eigenvalue weighted by atomic mass is 79.9. The summed E-state index contributed by atoms with van der Waals surface area (Å²) in [6.07, 6.45) is 1.72. The molecule has 2 aromatic rings. The molecule has 152 valence electrons. The number of carbonyl (C=O) groups excluding carboxylic acids is 1. The number of nitrogens with one attached hydrogen (secondary N) is 1. The van der Waals surface area contributed by atoms with Crippen LogP contribution in [0.4, 0.5) is 0 Å². The molecule has 0 aliphatic rings. The summed E-state index contributed by atoms with van der Waals surface area (Å²) in [5, 5.41) is 2.83. The summed E-state index contributed by atoms with van der Waals surface area (Å²) in [6, 6.07) is 14.8. The second-order valence-electron chi connectivity index (χ2n) is 6.28. The monoisotopic (exact) mass is 468 g/mol. The van der Waals surface area contributed by atoms with E-state index < -0.39 is 10.0 Å². The Morgan fingerprint density at radius 1 is 1.18 bits per heavy atom. The number of ether oxygens (including phenoxy) is 1. The Balaban J connectivity index is 1.91. The Morgan fingerprint density at radius 2 is 1.93 bits per heavy atom. The second kappa shape index (κ2) is 10.6. The molecule has 0 heterocycles. The van der Waals surface area contributed by atoms with Crippen molar-refractivity contribution in [1.82, 2.24) is 9.62 Å². The molecule has 0 radical (unpaired) electrons. The third-order valence-corrected chi connectivity index (χ3v) is 5.98. The van der Waals surface area contributed by atoms with Gasteiger partial charge in [0.15, 0.2) is 0 Å². The average Bonchev–Trinajstić information content (AvgIpc) is 2.65. The molecule has 6 nitrogen and oxygen atoms in total. The lowest BCUT2D eigenvalue weighted by molar-refractivity contribution is 0.0948. The fourth-order valence-electron chi connectivity index (χ4n) is 2.68. The van der Waals surface area contributed by atoms with Gasteiger partial charge in [0.2, 0.25) is 10.0 Å². The first-order valence-electron chi connectivity index (χ1n) is 9.01. The zero-order chi connectivity index (χ0) is 20.6. The average molecular weight is 469 g/mol. The molecule has 28 heavy (non-hydrogen) atoms. The maximum Gasteiger partial charge on any atom is 0.255 e. The lowest BCUT2D eigenvalue weighted by Crippen LogP contribution is -2.33. The van der Waals surface area contributed by atoms with Gasteiger partial charge in [-0.25, -0.2) is 12.7 Å². The molecule has 0 aliphatic carbocycles. The van der Waals surface area contributed by atoms with Gasteiger partial charge in [0.1, 0.15) is 12.4 Å². The Bertz CT molecular complexity index is 903. The van der Waals surface area contributed by atoms with E-state index in [2.05, 4.69) is 21.2 Å². The van der Waals surface area contributed by atoms with E-state index in [1.165, 1.54) is 10.6 Å². The van der Waals surface area contributed by atoms with E-state index in [-0.39, 0.29) is 5.91 Å². The van der Waals surface area contributed by atoms with E-state index in [0.29, 0.717) is 44.0 Å². The van der Waals surface area contributed by atoms with Crippen molar-refractivity contribution in [3.8, 4) is 5.75 Å². The Labute approximate surface area is 175 Å². The first-order chi connectivity index (χ1) is 13.3. The van der Waals surface area contributed by atoms with Gasteiger partial charge in [0.05, 0.1) is 11.8 Å². The van der Waals surface area contributed by atoms with Crippen LogP contribution in [0.25, 0.3) is 0 Å². The Kier molecular flexibility index (Phi) is 8.47. The fourth-order valence-corrected chi connectivity index (χ4v) is 4.06. The summed E-state index contributed by atoms with van der Waals surface area (Å²) in [7, 11) is -3.21. The third kappa shape index (κ3) is 6.92. The quantitative estimate of drug-likeness (QED) is 0.541. The van der Waals surface area contributed by atoms with Crippen molar-refractivity contribution in [3.05, 3.63) is 64.1 Å². The number of halogens is 1. The molecule has 0 fully saturated rings. The highest BCUT2D eigenvalue weighted by Gasteiger charge is 2.15. The van der Waals surface area contributed by atoms with Crippen LogP contribution in [-0.2, 0) is 16.6 Å². The number of para-hydroxylation sites is 1. The minimum absolute atomic E-state index is 0.243. The van der Waals surface area contributed by atoms with Gasteiger partial charge in [-0.2, -0.15) is 0 Å². The predicted molar refractivity (Wildman–Crippen MR) is 114 cm³/mol. The molecule has 0 aliphatic heterocycles. The van der Waals surface area contributed by atoms with Gasteiger partial charge in [-0.3, -0.25) is 4.79 Å². The topological polar surface area (TPSA) is 75.7 Å². The molecule has 0 aromatic heterocycles. The van der Waals surface area contributed by atoms with Gasteiger partial charge in [0.25, 0.3) is 5.91 Å². The van der Waals surface area contributed by atoms with Crippen LogP contribution < -0.4 is 10.1 Å². The molecule has 2 aromatic carbocycles. The van der Waals surface area contributed by atoms with Gasteiger partial charge < -0.3 is 10.1 Å². The molecule has 0 unspecified atom stereocenters. The van der Waals surface area contributed by atoms with Gasteiger partial charge in [-0.05, 0) is 36.2 Å². The number of amides is 1. The summed E-state index contributed by atoms with van der Waals surface area (Å²) >= 11 is 3.43. The fraction of sp³-hybridized carbons (Fsp3) is 0.350. The molecule has 0 bridgehead atoms. The number of hydrogen-bond acceptors (Lipinski definition) is 4. The lowest BCUT2D eigenvalue weighted by Gasteiger charge is -2.17. The van der Waals surface area contributed by atoms with Crippen molar-refractivity contribution >= 4 is 31.9 Å². The molecule has 0 atom stereocenters. The van der Waals surface area contributed by atoms with Crippen LogP contribution in [0.2, 0.25) is 0 Å². The van der Waals surface area contributed by atoms with Gasteiger partial charge in [-0.15, -0.1) is 0 Å². The van der Waals surface area contributed by atoms with Crippen LogP contribution in [0.3, 0.4) is 0 Å². The van der Waals surface area contributed by atoms with E-state index in [9.17, 15) is 13.2 Å². The van der Waals surface area contributed by atoms with Gasteiger partial charge in [-0.1, -0.05) is 47.1 Å². The van der Waals surface area contributed by atoms with Crippen molar-refractivity contribution in [2.45, 2.75) is 20.0 Å². The second-order valence-corrected chi connectivity index (χ2v) is 9.18. The van der Waals surface area contributed by atoms with E-state index in [1.807, 2.05) is 30.3 Å². The highest BCUT2D eigenvalue weighted by Crippen LogP contribution is 2.20. The Morgan fingerprint density at radius 3 is 2.61 bits per heavy atom. The maximum absolute atomic E-state index is 12.5. The largest absolute Gasteiger partial charge is 0.488 e. The number of carbonyl (C=O) groups is 1. The summed E-state index contributed by atoms with van der Waals surface area (Å²) in [6.45, 7) is 3.31. The van der Waals surface area contributed by atoms with Gasteiger partial charge in [0, 0.05) is 24.1 Å². The summed E-state index contributed by atoms with van der Waals surface area (Å²) < 4.78 is 31.4. The lowest BCUT2D eigenvalue weighted by atomic mass is 10.2. The zero-order valence-corrected chi connectivity index (χ0v) is 18.4. The normalized spacial score (nSPS) is 11.4. The maximum atomic E-state index is 12.5. The van der Waals surface area contributed by atoms with Crippen LogP contribution in [0, 0.1) is 0 Å². The zero-order valence-electron chi connectivity index (χ0n) is 16.0. The van der Waals surface area contributed by atoms with E-state index in [0.717, 1.165) is 10.0 Å². The summed E-state index contributed by atoms with van der Waals surface area (Å²) in [5.41, 5.74) is 1.44. The van der Waals surface area contributed by atoms with Crippen LogP contribution in [0.15, 0.2) is 53.0 Å². The molecule has 1 amide bonds. The standard InChI is InChI=1S/C20H25BrN2O4S/c1-3-23(28(2,25)26)13-7-12-22-20(24)18-10-4-5-11-19(18)27-15-16-8-6-9-17(21)14-16/h4-6,8-11,14H,3,7,12-13,15H2,1-2H3,(H,22,24). The van der Waals surface area contributed by atoms with E-state index >= 15 is 0 Å². The van der Waals surface area contributed by atoms with Crippen molar-refractivity contribution in [1.29, 1.82) is 0 Å². The van der Waals surface area contributed by atoms with Crippen molar-refractivity contribution < 1.29 is 17.9 Å². The number of sulfonamides is 1. The molecule has 0 saturated heterocycles. The first-order valence-corrected chi connectivity index (χ1v) is 11.6. The molecule has 8 heteroatoms. The number of rotatable bonds is 10. The van der Waals surface area contributed by atoms with Gasteiger partial charge >= 0.3 is 0 Å². The number of benzene rings is 2. The van der Waals surface area contributed by atoms with Crippen LogP contribution >= 0.6 is 15.9 Å². The third-order valence-electron chi connectivity index (χ3n) is 4.11. The van der Waals surface area contributed by atoms with Crippen molar-refractivity contribution in [3.63, 3.8) is 0 Å².